The molecular formula is C3H8ClNNa2O4. The molecule has 1 atom stereocenters. The van der Waals surface area contributed by atoms with Crippen LogP contribution in [0.4, 0.5) is 0 Å². The van der Waals surface area contributed by atoms with E-state index in [-0.39, 0.29) is 77.0 Å². The summed E-state index contributed by atoms with van der Waals surface area (Å²) in [4.78, 5) is 9.65. The van der Waals surface area contributed by atoms with E-state index in [0.29, 0.717) is 0 Å². The van der Waals surface area contributed by atoms with Gasteiger partial charge in [0.15, 0.2) is 0 Å². The fraction of sp³-hybridized carbons (Fsp3) is 0.667. The van der Waals surface area contributed by atoms with Crippen LogP contribution >= 0.6 is 0 Å². The summed E-state index contributed by atoms with van der Waals surface area (Å²) in [5, 5.41) is 15.9. The molecule has 0 aromatic carbocycles. The SMILES string of the molecule is N[C@@H](CO)C(=O)O.[Cl-].[Na+].[Na+].[OH-]. The van der Waals surface area contributed by atoms with Crippen molar-refractivity contribution in [2.24, 2.45) is 5.73 Å². The predicted molar refractivity (Wildman–Crippen MR) is 24.6 cm³/mol. The number of hydrogen-bond donors (Lipinski definition) is 3. The Morgan fingerprint density at radius 3 is 1.73 bits per heavy atom. The van der Waals surface area contributed by atoms with E-state index in [9.17, 15) is 4.79 Å². The van der Waals surface area contributed by atoms with E-state index in [1.807, 2.05) is 0 Å². The maximum absolute atomic E-state index is 9.65. The van der Waals surface area contributed by atoms with E-state index in [1.165, 1.54) is 0 Å². The molecule has 0 heterocycles. The fourth-order valence-corrected chi connectivity index (χ4v) is 0.0781. The van der Waals surface area contributed by atoms with Gasteiger partial charge in [0.25, 0.3) is 0 Å². The standard InChI is InChI=1S/C3H7NO3.ClH.2Na.H2O/c4-2(1-5)3(6)7;;;;/h2,5H,1,4H2,(H,6,7);1H;;;1H2/q;;2*+1;/p-2/t2-;;;;/m0..../s1. The molecule has 0 aliphatic carbocycles. The van der Waals surface area contributed by atoms with Gasteiger partial charge >= 0.3 is 65.1 Å². The molecule has 0 aliphatic rings. The second-order valence-corrected chi connectivity index (χ2v) is 1.13. The molecule has 0 amide bonds. The molecule has 8 heteroatoms. The molecule has 0 fully saturated rings. The molecule has 0 spiro atoms. The van der Waals surface area contributed by atoms with Gasteiger partial charge in [-0.3, -0.25) is 4.79 Å². The van der Waals surface area contributed by atoms with E-state index in [2.05, 4.69) is 0 Å². The normalized spacial score (nSPS) is 8.55. The summed E-state index contributed by atoms with van der Waals surface area (Å²) in [6.07, 6.45) is 0. The molecule has 0 aromatic heterocycles. The maximum atomic E-state index is 9.65. The molecule has 0 bridgehead atoms. The number of aliphatic hydroxyl groups excluding tert-OH is 1. The van der Waals surface area contributed by atoms with Crippen LogP contribution in [0.1, 0.15) is 0 Å². The second kappa shape index (κ2) is 17.7. The van der Waals surface area contributed by atoms with Crippen LogP contribution in [0.3, 0.4) is 0 Å². The van der Waals surface area contributed by atoms with Crippen LogP contribution in [0.5, 0.6) is 0 Å². The van der Waals surface area contributed by atoms with Gasteiger partial charge in [0, 0.05) is 0 Å². The molecule has 5 nitrogen and oxygen atoms in total. The Morgan fingerprint density at radius 2 is 1.73 bits per heavy atom. The average Bonchev–Trinajstić information content (AvgIpc) is 1.65. The van der Waals surface area contributed by atoms with Gasteiger partial charge in [0.2, 0.25) is 0 Å². The maximum Gasteiger partial charge on any atom is 1.00 e. The number of aliphatic carboxylic acids is 1. The van der Waals surface area contributed by atoms with Crippen molar-refractivity contribution in [3.05, 3.63) is 0 Å². The van der Waals surface area contributed by atoms with Crippen molar-refractivity contribution in [1.29, 1.82) is 0 Å². The first kappa shape index (κ1) is 29.3. The molecule has 0 unspecified atom stereocenters. The van der Waals surface area contributed by atoms with Crippen LogP contribution in [0.2, 0.25) is 0 Å². The Morgan fingerprint density at radius 1 is 1.45 bits per heavy atom. The molecule has 11 heavy (non-hydrogen) atoms. The number of halogens is 1. The first-order chi connectivity index (χ1) is 3.18. The van der Waals surface area contributed by atoms with Gasteiger partial charge in [-0.2, -0.15) is 0 Å². The Bertz CT molecular complexity index is 85.7. The second-order valence-electron chi connectivity index (χ2n) is 1.13. The summed E-state index contributed by atoms with van der Waals surface area (Å²) >= 11 is 0. The topological polar surface area (TPSA) is 114 Å². The Hall–Kier alpha value is 1.64. The minimum absolute atomic E-state index is 0. The van der Waals surface area contributed by atoms with Gasteiger partial charge in [-0.15, -0.1) is 0 Å². The van der Waals surface area contributed by atoms with Gasteiger partial charge in [-0.1, -0.05) is 0 Å². The minimum atomic E-state index is -1.18. The third-order valence-electron chi connectivity index (χ3n) is 0.514. The zero-order valence-corrected chi connectivity index (χ0v) is 11.2. The van der Waals surface area contributed by atoms with Crippen molar-refractivity contribution < 1.29 is 92.0 Å². The molecule has 0 rings (SSSR count). The molecule has 0 saturated carbocycles. The molecule has 5 N–H and O–H groups in total. The molecule has 0 aliphatic heterocycles. The Labute approximate surface area is 115 Å². The third-order valence-corrected chi connectivity index (χ3v) is 0.514. The minimum Gasteiger partial charge on any atom is -1.00 e. The van der Waals surface area contributed by atoms with Crippen molar-refractivity contribution in [2.75, 3.05) is 6.61 Å². The zero-order valence-electron chi connectivity index (χ0n) is 6.49. The molecule has 0 aromatic rings. The fourth-order valence-electron chi connectivity index (χ4n) is 0.0781. The number of carbonyl (C=O) groups is 1. The van der Waals surface area contributed by atoms with E-state index < -0.39 is 18.6 Å². The van der Waals surface area contributed by atoms with Gasteiger partial charge in [-0.25, -0.2) is 0 Å². The monoisotopic (exact) mass is 203 g/mol. The predicted octanol–water partition coefficient (Wildman–Crippen LogP) is -10.8. The van der Waals surface area contributed by atoms with Crippen LogP contribution in [-0.2, 0) is 4.79 Å². The number of nitrogens with two attached hydrogens (primary N) is 1. The van der Waals surface area contributed by atoms with Crippen LogP contribution in [0.25, 0.3) is 0 Å². The number of rotatable bonds is 2. The first-order valence-corrected chi connectivity index (χ1v) is 1.77. The number of carboxylic acid groups (broad SMARTS) is 1. The summed E-state index contributed by atoms with van der Waals surface area (Å²) in [6.45, 7) is -0.505. The summed E-state index contributed by atoms with van der Waals surface area (Å²) in [7, 11) is 0. The molecular weight excluding hydrogens is 195 g/mol. The largest absolute Gasteiger partial charge is 1.00 e. The summed E-state index contributed by atoms with van der Waals surface area (Å²) < 4.78 is 0. The summed E-state index contributed by atoms with van der Waals surface area (Å²) in [5.74, 6) is -1.18. The van der Waals surface area contributed by atoms with Crippen molar-refractivity contribution in [3.63, 3.8) is 0 Å². The zero-order chi connectivity index (χ0) is 5.86. The van der Waals surface area contributed by atoms with E-state index in [4.69, 9.17) is 15.9 Å². The van der Waals surface area contributed by atoms with E-state index >= 15 is 0 Å². The Kier molecular flexibility index (Phi) is 47.1. The third kappa shape index (κ3) is 18.5. The molecule has 58 valence electrons. The van der Waals surface area contributed by atoms with Crippen LogP contribution in [0.15, 0.2) is 0 Å². The van der Waals surface area contributed by atoms with Crippen LogP contribution in [-0.4, -0.2) is 34.3 Å². The van der Waals surface area contributed by atoms with Crippen LogP contribution in [0, 0.1) is 0 Å². The quantitative estimate of drug-likeness (QED) is 0.386. The van der Waals surface area contributed by atoms with Crippen molar-refractivity contribution in [1.82, 2.24) is 0 Å². The van der Waals surface area contributed by atoms with Gasteiger partial charge < -0.3 is 33.8 Å². The summed E-state index contributed by atoms with van der Waals surface area (Å²) in [5.41, 5.74) is 4.77. The van der Waals surface area contributed by atoms with Crippen LogP contribution < -0.4 is 77.3 Å². The summed E-state index contributed by atoms with van der Waals surface area (Å²) in [6, 6.07) is -1.13. The first-order valence-electron chi connectivity index (χ1n) is 1.77. The smallest absolute Gasteiger partial charge is 1.00 e. The van der Waals surface area contributed by atoms with Gasteiger partial charge in [0.1, 0.15) is 6.04 Å². The van der Waals surface area contributed by atoms with E-state index in [1.54, 1.807) is 0 Å². The molecule has 0 saturated heterocycles. The van der Waals surface area contributed by atoms with Gasteiger partial charge in [0.05, 0.1) is 6.61 Å². The van der Waals surface area contributed by atoms with Gasteiger partial charge in [-0.05, 0) is 0 Å². The number of hydrogen-bond acceptors (Lipinski definition) is 4. The Balaban J connectivity index is -0.0000000300. The number of aliphatic hydroxyl groups is 1. The number of carboxylic acids is 1. The van der Waals surface area contributed by atoms with Crippen molar-refractivity contribution in [3.8, 4) is 0 Å². The van der Waals surface area contributed by atoms with Crippen molar-refractivity contribution in [2.45, 2.75) is 6.04 Å². The average molecular weight is 204 g/mol. The van der Waals surface area contributed by atoms with E-state index in [0.717, 1.165) is 0 Å². The molecule has 0 radical (unpaired) electrons. The van der Waals surface area contributed by atoms with Crippen molar-refractivity contribution >= 4 is 5.97 Å².